The molecule has 0 aliphatic carbocycles. The normalized spacial score (nSPS) is 18.4. The lowest BCUT2D eigenvalue weighted by molar-refractivity contribution is -0.119. The van der Waals surface area contributed by atoms with Crippen LogP contribution < -0.4 is 11.0 Å². The van der Waals surface area contributed by atoms with E-state index in [1.165, 1.54) is 10.6 Å². The number of carbonyl (C=O) groups is 2. The van der Waals surface area contributed by atoms with Gasteiger partial charge in [0.15, 0.2) is 0 Å². The van der Waals surface area contributed by atoms with Gasteiger partial charge in [-0.1, -0.05) is 6.07 Å². The Hall–Kier alpha value is -2.57. The van der Waals surface area contributed by atoms with Crippen molar-refractivity contribution < 1.29 is 14.7 Å². The number of fused-ring (bicyclic) bond motifs is 1. The monoisotopic (exact) mass is 275 g/mol. The minimum absolute atomic E-state index is 0.0404. The lowest BCUT2D eigenvalue weighted by Gasteiger charge is -2.11. The standard InChI is InChI=1S/C13H13N3O4/c17-10-5-4-7(14-10)6-16-11-8(12(18)19)2-1-3-9(11)15-13(16)20/h1-3,7H,4-6H2,(H,14,17)(H,15,20)(H,18,19). The van der Waals surface area contributed by atoms with Gasteiger partial charge in [0.25, 0.3) is 0 Å². The number of para-hydroxylation sites is 1. The van der Waals surface area contributed by atoms with Gasteiger partial charge in [-0.15, -0.1) is 0 Å². The number of aromatic amines is 1. The molecular weight excluding hydrogens is 262 g/mol. The topological polar surface area (TPSA) is 104 Å². The Bertz CT molecular complexity index is 759. The first kappa shape index (κ1) is 12.5. The fraction of sp³-hybridized carbons (Fsp3) is 0.308. The zero-order valence-electron chi connectivity index (χ0n) is 10.5. The van der Waals surface area contributed by atoms with Crippen LogP contribution in [0.25, 0.3) is 11.0 Å². The molecule has 1 unspecified atom stereocenters. The highest BCUT2D eigenvalue weighted by molar-refractivity contribution is 6.01. The van der Waals surface area contributed by atoms with Gasteiger partial charge in [0.05, 0.1) is 16.6 Å². The van der Waals surface area contributed by atoms with Crippen molar-refractivity contribution in [1.82, 2.24) is 14.9 Å². The molecule has 7 nitrogen and oxygen atoms in total. The van der Waals surface area contributed by atoms with Crippen LogP contribution in [0.15, 0.2) is 23.0 Å². The van der Waals surface area contributed by atoms with Crippen molar-refractivity contribution in [1.29, 1.82) is 0 Å². The number of rotatable bonds is 3. The van der Waals surface area contributed by atoms with Crippen molar-refractivity contribution in [2.75, 3.05) is 0 Å². The molecular formula is C13H13N3O4. The van der Waals surface area contributed by atoms with E-state index >= 15 is 0 Å². The Morgan fingerprint density at radius 3 is 2.85 bits per heavy atom. The summed E-state index contributed by atoms with van der Waals surface area (Å²) in [6, 6.07) is 4.57. The van der Waals surface area contributed by atoms with Crippen LogP contribution in [-0.2, 0) is 11.3 Å². The molecule has 0 radical (unpaired) electrons. The number of benzene rings is 1. The van der Waals surface area contributed by atoms with Crippen LogP contribution in [0.4, 0.5) is 0 Å². The van der Waals surface area contributed by atoms with E-state index < -0.39 is 5.97 Å². The molecule has 1 aromatic carbocycles. The second kappa shape index (κ2) is 4.52. The number of nitrogens with one attached hydrogen (secondary N) is 2. The summed E-state index contributed by atoms with van der Waals surface area (Å²) in [5.74, 6) is -1.12. The van der Waals surface area contributed by atoms with Crippen molar-refractivity contribution in [2.45, 2.75) is 25.4 Å². The molecule has 3 rings (SSSR count). The van der Waals surface area contributed by atoms with E-state index in [2.05, 4.69) is 10.3 Å². The summed E-state index contributed by atoms with van der Waals surface area (Å²) >= 11 is 0. The summed E-state index contributed by atoms with van der Waals surface area (Å²) < 4.78 is 1.38. The molecule has 1 atom stereocenters. The molecule has 0 bridgehead atoms. The van der Waals surface area contributed by atoms with Crippen molar-refractivity contribution in [3.63, 3.8) is 0 Å². The van der Waals surface area contributed by atoms with Crippen LogP contribution in [0.5, 0.6) is 0 Å². The van der Waals surface area contributed by atoms with Gasteiger partial charge in [-0.3, -0.25) is 9.36 Å². The molecule has 0 spiro atoms. The molecule has 1 aliphatic rings. The van der Waals surface area contributed by atoms with Crippen molar-refractivity contribution in [3.05, 3.63) is 34.2 Å². The zero-order valence-corrected chi connectivity index (χ0v) is 10.5. The molecule has 3 N–H and O–H groups in total. The lowest BCUT2D eigenvalue weighted by atomic mass is 10.1. The van der Waals surface area contributed by atoms with Crippen LogP contribution in [0.3, 0.4) is 0 Å². The molecule has 1 amide bonds. The number of carbonyl (C=O) groups excluding carboxylic acids is 1. The molecule has 1 aromatic heterocycles. The minimum Gasteiger partial charge on any atom is -0.478 e. The van der Waals surface area contributed by atoms with Crippen LogP contribution in [0.2, 0.25) is 0 Å². The van der Waals surface area contributed by atoms with Crippen molar-refractivity contribution >= 4 is 22.9 Å². The van der Waals surface area contributed by atoms with Crippen molar-refractivity contribution in [3.8, 4) is 0 Å². The number of carboxylic acids is 1. The van der Waals surface area contributed by atoms with Crippen LogP contribution in [0.1, 0.15) is 23.2 Å². The zero-order chi connectivity index (χ0) is 14.3. The number of aromatic carboxylic acids is 1. The number of imidazole rings is 1. The second-order valence-electron chi connectivity index (χ2n) is 4.85. The first-order valence-corrected chi connectivity index (χ1v) is 6.30. The number of nitrogens with zero attached hydrogens (tertiary/aromatic N) is 1. The van der Waals surface area contributed by atoms with Gasteiger partial charge in [-0.05, 0) is 18.6 Å². The summed E-state index contributed by atoms with van der Waals surface area (Å²) in [7, 11) is 0. The van der Waals surface area contributed by atoms with Gasteiger partial charge in [0.1, 0.15) is 0 Å². The van der Waals surface area contributed by atoms with Gasteiger partial charge in [0, 0.05) is 19.0 Å². The van der Waals surface area contributed by atoms with E-state index in [1.54, 1.807) is 12.1 Å². The number of carboxylic acid groups (broad SMARTS) is 1. The Kier molecular flexibility index (Phi) is 2.81. The second-order valence-corrected chi connectivity index (χ2v) is 4.85. The van der Waals surface area contributed by atoms with Gasteiger partial charge < -0.3 is 15.4 Å². The fourth-order valence-corrected chi connectivity index (χ4v) is 2.60. The number of aromatic nitrogens is 2. The third-order valence-electron chi connectivity index (χ3n) is 3.51. The maximum atomic E-state index is 12.0. The predicted molar refractivity (Wildman–Crippen MR) is 70.7 cm³/mol. The Morgan fingerprint density at radius 1 is 1.40 bits per heavy atom. The molecule has 1 aliphatic heterocycles. The molecule has 2 aromatic rings. The Labute approximate surface area is 113 Å². The average Bonchev–Trinajstić information content (AvgIpc) is 2.94. The van der Waals surface area contributed by atoms with E-state index in [9.17, 15) is 19.5 Å². The van der Waals surface area contributed by atoms with E-state index in [4.69, 9.17) is 0 Å². The fourth-order valence-electron chi connectivity index (χ4n) is 2.60. The maximum absolute atomic E-state index is 12.0. The van der Waals surface area contributed by atoms with Gasteiger partial charge in [0.2, 0.25) is 5.91 Å². The van der Waals surface area contributed by atoms with Gasteiger partial charge in [-0.2, -0.15) is 0 Å². The predicted octanol–water partition coefficient (Wildman–Crippen LogP) is 0.306. The third kappa shape index (κ3) is 1.97. The maximum Gasteiger partial charge on any atom is 0.337 e. The molecule has 1 fully saturated rings. The molecule has 0 saturated carbocycles. The lowest BCUT2D eigenvalue weighted by Crippen LogP contribution is -2.33. The summed E-state index contributed by atoms with van der Waals surface area (Å²) in [6.45, 7) is 0.273. The minimum atomic E-state index is -1.08. The summed E-state index contributed by atoms with van der Waals surface area (Å²) in [5.41, 5.74) is 0.561. The van der Waals surface area contributed by atoms with E-state index in [-0.39, 0.29) is 29.7 Å². The summed E-state index contributed by atoms with van der Waals surface area (Å²) in [4.78, 5) is 37.1. The Morgan fingerprint density at radius 2 is 2.20 bits per heavy atom. The highest BCUT2D eigenvalue weighted by atomic mass is 16.4. The van der Waals surface area contributed by atoms with E-state index in [0.717, 1.165) is 0 Å². The third-order valence-corrected chi connectivity index (χ3v) is 3.51. The highest BCUT2D eigenvalue weighted by Crippen LogP contribution is 2.18. The van der Waals surface area contributed by atoms with Gasteiger partial charge >= 0.3 is 11.7 Å². The SMILES string of the molecule is O=C1CCC(Cn2c(=O)[nH]c3cccc(C(=O)O)c32)N1. The van der Waals surface area contributed by atoms with Crippen LogP contribution >= 0.6 is 0 Å². The molecule has 104 valence electrons. The van der Waals surface area contributed by atoms with Crippen LogP contribution in [0, 0.1) is 0 Å². The van der Waals surface area contributed by atoms with Crippen molar-refractivity contribution in [2.24, 2.45) is 0 Å². The summed E-state index contributed by atoms with van der Waals surface area (Å²) in [6.07, 6.45) is 1.08. The molecule has 2 heterocycles. The van der Waals surface area contributed by atoms with Crippen LogP contribution in [-0.4, -0.2) is 32.6 Å². The quantitative estimate of drug-likeness (QED) is 0.749. The smallest absolute Gasteiger partial charge is 0.337 e. The largest absolute Gasteiger partial charge is 0.478 e. The molecule has 20 heavy (non-hydrogen) atoms. The molecule has 1 saturated heterocycles. The number of H-pyrrole nitrogens is 1. The van der Waals surface area contributed by atoms with Gasteiger partial charge in [-0.25, -0.2) is 9.59 Å². The number of hydrogen-bond donors (Lipinski definition) is 3. The number of amides is 1. The first-order chi connectivity index (χ1) is 9.56. The van der Waals surface area contributed by atoms with E-state index in [0.29, 0.717) is 23.9 Å². The average molecular weight is 275 g/mol. The summed E-state index contributed by atoms with van der Waals surface area (Å²) in [5, 5.41) is 12.0. The molecule has 7 heteroatoms. The highest BCUT2D eigenvalue weighted by Gasteiger charge is 2.23. The first-order valence-electron chi connectivity index (χ1n) is 6.30. The van der Waals surface area contributed by atoms with E-state index in [1.807, 2.05) is 0 Å². The number of hydrogen-bond acceptors (Lipinski definition) is 3. The Balaban J connectivity index is 2.09.